The third kappa shape index (κ3) is 7.06. The first-order valence-corrected chi connectivity index (χ1v) is 5.89. The maximum absolute atomic E-state index is 3.32. The summed E-state index contributed by atoms with van der Waals surface area (Å²) in [6, 6.07) is 0.672. The molecule has 2 unspecified atom stereocenters. The van der Waals surface area contributed by atoms with Crippen molar-refractivity contribution in [2.75, 3.05) is 7.05 Å². The van der Waals surface area contributed by atoms with Crippen molar-refractivity contribution in [2.24, 2.45) is 5.92 Å². The molecule has 0 rings (SSSR count). The molecule has 13 heavy (non-hydrogen) atoms. The first-order chi connectivity index (χ1) is 6.22. The molecule has 0 amide bonds. The molecular weight excluding hydrogens is 158 g/mol. The van der Waals surface area contributed by atoms with Crippen LogP contribution in [0.1, 0.15) is 59.3 Å². The molecule has 0 spiro atoms. The summed E-state index contributed by atoms with van der Waals surface area (Å²) in [5.41, 5.74) is 0. The van der Waals surface area contributed by atoms with E-state index in [0.29, 0.717) is 6.04 Å². The predicted octanol–water partition coefficient (Wildman–Crippen LogP) is 3.59. The average Bonchev–Trinajstić information content (AvgIpc) is 2.16. The molecule has 0 aliphatic heterocycles. The Kier molecular flexibility index (Phi) is 8.53. The zero-order chi connectivity index (χ0) is 10.1. The molecule has 0 bridgehead atoms. The first-order valence-electron chi connectivity index (χ1n) is 5.89. The maximum Gasteiger partial charge on any atom is 0.00613 e. The quantitative estimate of drug-likeness (QED) is 0.570. The van der Waals surface area contributed by atoms with Crippen LogP contribution in [0.3, 0.4) is 0 Å². The van der Waals surface area contributed by atoms with Crippen molar-refractivity contribution in [2.45, 2.75) is 65.3 Å². The van der Waals surface area contributed by atoms with E-state index in [1.54, 1.807) is 0 Å². The molecule has 0 aliphatic carbocycles. The summed E-state index contributed by atoms with van der Waals surface area (Å²) in [5, 5.41) is 3.32. The van der Waals surface area contributed by atoms with E-state index in [4.69, 9.17) is 0 Å². The van der Waals surface area contributed by atoms with Gasteiger partial charge in [0.05, 0.1) is 0 Å². The van der Waals surface area contributed by atoms with E-state index in [9.17, 15) is 0 Å². The van der Waals surface area contributed by atoms with Gasteiger partial charge in [0.15, 0.2) is 0 Å². The molecule has 1 heteroatoms. The lowest BCUT2D eigenvalue weighted by Gasteiger charge is -2.18. The largest absolute Gasteiger partial charge is 0.317 e. The Bertz CT molecular complexity index is 101. The zero-order valence-corrected chi connectivity index (χ0v) is 9.90. The fourth-order valence-electron chi connectivity index (χ4n) is 1.60. The fourth-order valence-corrected chi connectivity index (χ4v) is 1.60. The molecule has 0 fully saturated rings. The molecule has 1 N–H and O–H groups in total. The van der Waals surface area contributed by atoms with E-state index in [-0.39, 0.29) is 0 Å². The highest BCUT2D eigenvalue weighted by Gasteiger charge is 2.08. The second-order valence-electron chi connectivity index (χ2n) is 4.26. The zero-order valence-electron chi connectivity index (χ0n) is 9.90. The summed E-state index contributed by atoms with van der Waals surface area (Å²) >= 11 is 0. The Balaban J connectivity index is 3.21. The van der Waals surface area contributed by atoms with Gasteiger partial charge >= 0.3 is 0 Å². The van der Waals surface area contributed by atoms with Gasteiger partial charge in [-0.2, -0.15) is 0 Å². The van der Waals surface area contributed by atoms with Gasteiger partial charge in [0, 0.05) is 6.04 Å². The van der Waals surface area contributed by atoms with E-state index in [1.165, 1.54) is 38.5 Å². The molecule has 0 heterocycles. The third-order valence-electron chi connectivity index (χ3n) is 3.07. The number of rotatable bonds is 8. The van der Waals surface area contributed by atoms with Crippen LogP contribution in [0.5, 0.6) is 0 Å². The molecule has 0 radical (unpaired) electrons. The van der Waals surface area contributed by atoms with Crippen LogP contribution in [-0.4, -0.2) is 13.1 Å². The highest BCUT2D eigenvalue weighted by molar-refractivity contribution is 4.65. The Morgan fingerprint density at radius 3 is 2.15 bits per heavy atom. The highest BCUT2D eigenvalue weighted by Crippen LogP contribution is 2.13. The minimum atomic E-state index is 0.672. The SMILES string of the molecule is CCCCCCCC(C)C(C)NC. The lowest BCUT2D eigenvalue weighted by molar-refractivity contribution is 0.384. The van der Waals surface area contributed by atoms with E-state index in [0.717, 1.165) is 5.92 Å². The standard InChI is InChI=1S/C12H27N/c1-5-6-7-8-9-10-11(2)12(3)13-4/h11-13H,5-10H2,1-4H3. The first kappa shape index (κ1) is 13.0. The molecule has 2 atom stereocenters. The Labute approximate surface area is 84.3 Å². The summed E-state index contributed by atoms with van der Waals surface area (Å²) in [6.07, 6.45) is 8.41. The minimum Gasteiger partial charge on any atom is -0.317 e. The van der Waals surface area contributed by atoms with Crippen LogP contribution in [-0.2, 0) is 0 Å². The van der Waals surface area contributed by atoms with E-state index >= 15 is 0 Å². The fraction of sp³-hybridized carbons (Fsp3) is 1.00. The number of hydrogen-bond donors (Lipinski definition) is 1. The normalized spacial score (nSPS) is 15.7. The van der Waals surface area contributed by atoms with E-state index in [1.807, 2.05) is 0 Å². The summed E-state index contributed by atoms with van der Waals surface area (Å²) in [7, 11) is 2.05. The van der Waals surface area contributed by atoms with Crippen LogP contribution in [0.15, 0.2) is 0 Å². The highest BCUT2D eigenvalue weighted by atomic mass is 14.9. The summed E-state index contributed by atoms with van der Waals surface area (Å²) in [4.78, 5) is 0. The molecule has 0 saturated carbocycles. The van der Waals surface area contributed by atoms with Crippen molar-refractivity contribution < 1.29 is 0 Å². The molecule has 0 saturated heterocycles. The summed E-state index contributed by atoms with van der Waals surface area (Å²) in [6.45, 7) is 6.89. The smallest absolute Gasteiger partial charge is 0.00613 e. The van der Waals surface area contributed by atoms with Gasteiger partial charge in [-0.1, -0.05) is 46.0 Å². The van der Waals surface area contributed by atoms with Gasteiger partial charge in [-0.3, -0.25) is 0 Å². The number of hydrogen-bond acceptors (Lipinski definition) is 1. The number of nitrogens with one attached hydrogen (secondary N) is 1. The maximum atomic E-state index is 3.32. The second kappa shape index (κ2) is 8.55. The van der Waals surface area contributed by atoms with Crippen LogP contribution in [0, 0.1) is 5.92 Å². The second-order valence-corrected chi connectivity index (χ2v) is 4.26. The van der Waals surface area contributed by atoms with Crippen LogP contribution < -0.4 is 5.32 Å². The van der Waals surface area contributed by atoms with Gasteiger partial charge < -0.3 is 5.32 Å². The molecule has 80 valence electrons. The monoisotopic (exact) mass is 185 g/mol. The van der Waals surface area contributed by atoms with Crippen LogP contribution >= 0.6 is 0 Å². The van der Waals surface area contributed by atoms with Crippen molar-refractivity contribution >= 4 is 0 Å². The van der Waals surface area contributed by atoms with Gasteiger partial charge in [0.25, 0.3) is 0 Å². The van der Waals surface area contributed by atoms with E-state index < -0.39 is 0 Å². The van der Waals surface area contributed by atoms with Crippen molar-refractivity contribution in [1.82, 2.24) is 5.32 Å². The topological polar surface area (TPSA) is 12.0 Å². The minimum absolute atomic E-state index is 0.672. The van der Waals surface area contributed by atoms with E-state index in [2.05, 4.69) is 33.1 Å². The summed E-state index contributed by atoms with van der Waals surface area (Å²) in [5.74, 6) is 0.826. The molecule has 0 aliphatic rings. The van der Waals surface area contributed by atoms with Gasteiger partial charge in [-0.25, -0.2) is 0 Å². The van der Waals surface area contributed by atoms with Crippen LogP contribution in [0.2, 0.25) is 0 Å². The molecule has 0 aromatic rings. The lowest BCUT2D eigenvalue weighted by Crippen LogP contribution is -2.28. The van der Waals surface area contributed by atoms with Crippen molar-refractivity contribution in [3.8, 4) is 0 Å². The summed E-state index contributed by atoms with van der Waals surface area (Å²) < 4.78 is 0. The van der Waals surface area contributed by atoms with Crippen molar-refractivity contribution in [3.05, 3.63) is 0 Å². The van der Waals surface area contributed by atoms with Gasteiger partial charge in [-0.15, -0.1) is 0 Å². The van der Waals surface area contributed by atoms with Crippen LogP contribution in [0.25, 0.3) is 0 Å². The van der Waals surface area contributed by atoms with Crippen LogP contribution in [0.4, 0.5) is 0 Å². The Hall–Kier alpha value is -0.0400. The molecule has 1 nitrogen and oxygen atoms in total. The van der Waals surface area contributed by atoms with Gasteiger partial charge in [0.2, 0.25) is 0 Å². The van der Waals surface area contributed by atoms with Gasteiger partial charge in [-0.05, 0) is 26.3 Å². The molecule has 0 aromatic heterocycles. The average molecular weight is 185 g/mol. The third-order valence-corrected chi connectivity index (χ3v) is 3.07. The lowest BCUT2D eigenvalue weighted by atomic mass is 9.96. The van der Waals surface area contributed by atoms with Crippen molar-refractivity contribution in [3.63, 3.8) is 0 Å². The predicted molar refractivity (Wildman–Crippen MR) is 61.1 cm³/mol. The van der Waals surface area contributed by atoms with Gasteiger partial charge in [0.1, 0.15) is 0 Å². The molecule has 0 aromatic carbocycles. The van der Waals surface area contributed by atoms with Crippen molar-refractivity contribution in [1.29, 1.82) is 0 Å². The Morgan fingerprint density at radius 2 is 1.62 bits per heavy atom. The molecular formula is C12H27N. The Morgan fingerprint density at radius 1 is 1.00 bits per heavy atom. The number of unbranched alkanes of at least 4 members (excludes halogenated alkanes) is 4.